The van der Waals surface area contributed by atoms with Crippen LogP contribution in [0.1, 0.15) is 25.5 Å². The molecule has 0 radical (unpaired) electrons. The number of nitrogens with one attached hydrogen (secondary N) is 1. The highest BCUT2D eigenvalue weighted by Crippen LogP contribution is 2.14. The van der Waals surface area contributed by atoms with Gasteiger partial charge in [-0.1, -0.05) is 0 Å². The molecule has 0 atom stereocenters. The maximum Gasteiger partial charge on any atom is 0.242 e. The molecule has 0 spiro atoms. The lowest BCUT2D eigenvalue weighted by molar-refractivity contribution is 0.193. The highest BCUT2D eigenvalue weighted by atomic mass is 32.2. The molecule has 1 rings (SSSR count). The van der Waals surface area contributed by atoms with Crippen LogP contribution in [0, 0.1) is 0 Å². The minimum Gasteiger partial charge on any atom is -0.390 e. The number of ether oxygens (including phenoxy) is 1. The predicted molar refractivity (Wildman–Crippen MR) is 72.3 cm³/mol. The molecule has 7 heteroatoms. The molecule has 0 fully saturated rings. The molecule has 1 heterocycles. The molecule has 0 aliphatic rings. The van der Waals surface area contributed by atoms with Crippen molar-refractivity contribution in [3.05, 3.63) is 18.0 Å². The molecule has 0 bridgehead atoms. The Morgan fingerprint density at radius 1 is 1.42 bits per heavy atom. The van der Waals surface area contributed by atoms with Gasteiger partial charge in [-0.05, 0) is 25.8 Å². The topological polar surface area (TPSA) is 80.6 Å². The van der Waals surface area contributed by atoms with Gasteiger partial charge in [0.1, 0.15) is 0 Å². The Hall–Kier alpha value is -0.890. The molecular weight excluding hydrogens is 268 g/mol. The fourth-order valence-electron chi connectivity index (χ4n) is 1.76. The molecule has 0 saturated heterocycles. The normalized spacial score (nSPS) is 11.9. The average Bonchev–Trinajstić information content (AvgIpc) is 2.82. The third-order valence-electron chi connectivity index (χ3n) is 2.84. The van der Waals surface area contributed by atoms with Crippen molar-refractivity contribution in [1.82, 2.24) is 9.29 Å². The first-order valence-electron chi connectivity index (χ1n) is 6.33. The largest absolute Gasteiger partial charge is 0.390 e. The van der Waals surface area contributed by atoms with Gasteiger partial charge < -0.3 is 14.4 Å². The molecule has 2 N–H and O–H groups in total. The smallest absolute Gasteiger partial charge is 0.242 e. The van der Waals surface area contributed by atoms with Gasteiger partial charge in [0, 0.05) is 38.7 Å². The summed E-state index contributed by atoms with van der Waals surface area (Å²) in [6, 6.07) is 1.50. The maximum absolute atomic E-state index is 12.0. The lowest BCUT2D eigenvalue weighted by atomic mass is 10.3. The van der Waals surface area contributed by atoms with E-state index in [1.54, 1.807) is 17.9 Å². The second-order valence-corrected chi connectivity index (χ2v) is 5.98. The van der Waals surface area contributed by atoms with Gasteiger partial charge in [0.15, 0.2) is 0 Å². The van der Waals surface area contributed by atoms with E-state index >= 15 is 0 Å². The number of hydrogen-bond donors (Lipinski definition) is 2. The summed E-state index contributed by atoms with van der Waals surface area (Å²) in [7, 11) is -1.87. The van der Waals surface area contributed by atoms with E-state index in [9.17, 15) is 8.42 Å². The van der Waals surface area contributed by atoms with Crippen LogP contribution in [0.25, 0.3) is 0 Å². The van der Waals surface area contributed by atoms with E-state index in [1.807, 2.05) is 6.92 Å². The van der Waals surface area contributed by atoms with Gasteiger partial charge in [-0.3, -0.25) is 0 Å². The molecule has 0 aliphatic carbocycles. The molecule has 1 aromatic heterocycles. The molecule has 0 aliphatic heterocycles. The van der Waals surface area contributed by atoms with Crippen LogP contribution in [0.4, 0.5) is 0 Å². The van der Waals surface area contributed by atoms with Crippen LogP contribution in [0.2, 0.25) is 0 Å². The molecule has 1 aromatic rings. The Morgan fingerprint density at radius 3 is 2.68 bits per heavy atom. The molecule has 6 nitrogen and oxygen atoms in total. The minimum absolute atomic E-state index is 0.169. The third-order valence-corrected chi connectivity index (χ3v) is 4.27. The van der Waals surface area contributed by atoms with Crippen molar-refractivity contribution in [2.75, 3.05) is 20.3 Å². The number of aliphatic hydroxyl groups excluding tert-OH is 1. The molecule has 0 unspecified atom stereocenters. The van der Waals surface area contributed by atoms with Crippen LogP contribution >= 0.6 is 0 Å². The van der Waals surface area contributed by atoms with Crippen molar-refractivity contribution in [3.8, 4) is 0 Å². The first kappa shape index (κ1) is 16.2. The minimum atomic E-state index is -3.49. The third kappa shape index (κ3) is 4.61. The zero-order valence-electron chi connectivity index (χ0n) is 11.4. The van der Waals surface area contributed by atoms with Gasteiger partial charge in [0.05, 0.1) is 11.5 Å². The number of unbranched alkanes of at least 4 members (excludes halogenated alkanes) is 1. The van der Waals surface area contributed by atoms with E-state index in [2.05, 4.69) is 4.72 Å². The van der Waals surface area contributed by atoms with Crippen molar-refractivity contribution in [2.45, 2.75) is 37.8 Å². The van der Waals surface area contributed by atoms with Crippen molar-refractivity contribution in [2.24, 2.45) is 0 Å². The monoisotopic (exact) mass is 290 g/mol. The van der Waals surface area contributed by atoms with Crippen molar-refractivity contribution >= 4 is 10.0 Å². The average molecular weight is 290 g/mol. The summed E-state index contributed by atoms with van der Waals surface area (Å²) in [6.07, 6.45) is 3.09. The van der Waals surface area contributed by atoms with Crippen LogP contribution in [-0.4, -0.2) is 38.4 Å². The lowest BCUT2D eigenvalue weighted by Crippen LogP contribution is -2.24. The summed E-state index contributed by atoms with van der Waals surface area (Å²) in [5.41, 5.74) is 0.599. The van der Waals surface area contributed by atoms with Gasteiger partial charge in [0.25, 0.3) is 0 Å². The first-order valence-corrected chi connectivity index (χ1v) is 7.82. The maximum atomic E-state index is 12.0. The summed E-state index contributed by atoms with van der Waals surface area (Å²) in [6.45, 7) is 3.37. The van der Waals surface area contributed by atoms with E-state index in [4.69, 9.17) is 9.84 Å². The van der Waals surface area contributed by atoms with E-state index in [1.165, 1.54) is 6.07 Å². The fourth-order valence-corrected chi connectivity index (χ4v) is 2.90. The highest BCUT2D eigenvalue weighted by Gasteiger charge is 2.17. The van der Waals surface area contributed by atoms with Crippen molar-refractivity contribution in [3.63, 3.8) is 0 Å². The Bertz CT molecular complexity index is 460. The molecular formula is C12H22N2O4S. The molecule has 0 saturated carbocycles. The standard InChI is InChI=1S/C12H22N2O4S/c1-3-14-9-12(8-11(14)10-15)19(16,17)13-6-4-5-7-18-2/h8-9,13,15H,3-7,10H2,1-2H3. The Kier molecular flexibility index (Phi) is 6.50. The number of methoxy groups -OCH3 is 1. The fraction of sp³-hybridized carbons (Fsp3) is 0.667. The zero-order chi connectivity index (χ0) is 14.3. The number of aliphatic hydroxyl groups is 1. The van der Waals surface area contributed by atoms with Gasteiger partial charge in [-0.15, -0.1) is 0 Å². The Balaban J connectivity index is 2.64. The molecule has 19 heavy (non-hydrogen) atoms. The van der Waals surface area contributed by atoms with Gasteiger partial charge in [-0.2, -0.15) is 0 Å². The zero-order valence-corrected chi connectivity index (χ0v) is 12.2. The number of hydrogen-bond acceptors (Lipinski definition) is 4. The van der Waals surface area contributed by atoms with Gasteiger partial charge in [-0.25, -0.2) is 13.1 Å². The SMILES string of the molecule is CCn1cc(S(=O)(=O)NCCCCOC)cc1CO. The van der Waals surface area contributed by atoms with Gasteiger partial charge >= 0.3 is 0 Å². The van der Waals surface area contributed by atoms with Crippen LogP contribution in [0.5, 0.6) is 0 Å². The van der Waals surface area contributed by atoms with Crippen LogP contribution < -0.4 is 4.72 Å². The highest BCUT2D eigenvalue weighted by molar-refractivity contribution is 7.89. The first-order chi connectivity index (χ1) is 9.05. The summed E-state index contributed by atoms with van der Waals surface area (Å²) in [5.74, 6) is 0. The molecule has 0 aromatic carbocycles. The van der Waals surface area contributed by atoms with Crippen molar-refractivity contribution < 1.29 is 18.3 Å². The number of rotatable bonds is 9. The summed E-state index contributed by atoms with van der Waals surface area (Å²) >= 11 is 0. The van der Waals surface area contributed by atoms with E-state index in [0.717, 1.165) is 12.8 Å². The second kappa shape index (κ2) is 7.64. The Morgan fingerprint density at radius 2 is 2.16 bits per heavy atom. The second-order valence-electron chi connectivity index (χ2n) is 4.21. The van der Waals surface area contributed by atoms with Crippen LogP contribution in [0.3, 0.4) is 0 Å². The van der Waals surface area contributed by atoms with Crippen LogP contribution in [-0.2, 0) is 27.9 Å². The molecule has 110 valence electrons. The quantitative estimate of drug-likeness (QED) is 0.656. The summed E-state index contributed by atoms with van der Waals surface area (Å²) < 4.78 is 33.2. The summed E-state index contributed by atoms with van der Waals surface area (Å²) in [4.78, 5) is 0.199. The van der Waals surface area contributed by atoms with E-state index in [-0.39, 0.29) is 11.5 Å². The lowest BCUT2D eigenvalue weighted by Gasteiger charge is -2.04. The number of aryl methyl sites for hydroxylation is 1. The van der Waals surface area contributed by atoms with E-state index < -0.39 is 10.0 Å². The van der Waals surface area contributed by atoms with Gasteiger partial charge in [0.2, 0.25) is 10.0 Å². The summed E-state index contributed by atoms with van der Waals surface area (Å²) in [5, 5.41) is 9.15. The van der Waals surface area contributed by atoms with E-state index in [0.29, 0.717) is 25.4 Å². The van der Waals surface area contributed by atoms with Crippen LogP contribution in [0.15, 0.2) is 17.2 Å². The Labute approximate surface area is 114 Å². The number of aromatic nitrogens is 1. The predicted octanol–water partition coefficient (Wildman–Crippen LogP) is 0.705. The number of nitrogens with zero attached hydrogens (tertiary/aromatic N) is 1. The van der Waals surface area contributed by atoms with Crippen molar-refractivity contribution in [1.29, 1.82) is 0 Å². The molecule has 0 amide bonds. The number of sulfonamides is 1.